The third-order valence-corrected chi connectivity index (χ3v) is 2.61. The molecule has 0 aliphatic carbocycles. The number of rotatable bonds is 5. The fourth-order valence-corrected chi connectivity index (χ4v) is 1.65. The van der Waals surface area contributed by atoms with Crippen molar-refractivity contribution in [3.05, 3.63) is 59.9 Å². The Balaban J connectivity index is 2.16. The molecule has 0 spiro atoms. The van der Waals surface area contributed by atoms with Gasteiger partial charge in [-0.1, -0.05) is 18.2 Å². The minimum absolute atomic E-state index is 0.424. The van der Waals surface area contributed by atoms with Gasteiger partial charge in [0.05, 0.1) is 17.2 Å². The lowest BCUT2D eigenvalue weighted by molar-refractivity contribution is -0.307. The number of carbonyl (C=O) groups is 1. The van der Waals surface area contributed by atoms with Gasteiger partial charge in [0.1, 0.15) is 18.4 Å². The van der Waals surface area contributed by atoms with Gasteiger partial charge in [0.15, 0.2) is 0 Å². The Bertz CT molecular complexity index is 686. The SMILES string of the molecule is N#C/C(=C\c1ccc(OCC(=O)[O-])cc1)c1ccccn1. The lowest BCUT2D eigenvalue weighted by atomic mass is 10.1. The molecule has 1 aromatic heterocycles. The van der Waals surface area contributed by atoms with Crippen LogP contribution in [0.25, 0.3) is 11.6 Å². The minimum atomic E-state index is -1.28. The molecule has 104 valence electrons. The highest BCUT2D eigenvalue weighted by molar-refractivity contribution is 5.88. The first-order chi connectivity index (χ1) is 10.2. The number of pyridine rings is 1. The number of carboxylic acids is 1. The van der Waals surface area contributed by atoms with Crippen molar-refractivity contribution in [2.45, 2.75) is 0 Å². The van der Waals surface area contributed by atoms with E-state index in [1.807, 2.05) is 6.07 Å². The quantitative estimate of drug-likeness (QED) is 0.769. The molecule has 0 unspecified atom stereocenters. The van der Waals surface area contributed by atoms with Crippen LogP contribution < -0.4 is 9.84 Å². The number of nitrogens with zero attached hydrogens (tertiary/aromatic N) is 2. The summed E-state index contributed by atoms with van der Waals surface area (Å²) in [7, 11) is 0. The van der Waals surface area contributed by atoms with Gasteiger partial charge in [-0.05, 0) is 35.9 Å². The first-order valence-electron chi connectivity index (χ1n) is 6.15. The zero-order chi connectivity index (χ0) is 15.1. The highest BCUT2D eigenvalue weighted by Gasteiger charge is 2.02. The largest absolute Gasteiger partial charge is 0.546 e. The molecule has 2 aromatic rings. The third-order valence-electron chi connectivity index (χ3n) is 2.61. The minimum Gasteiger partial charge on any atom is -0.546 e. The molecular weight excluding hydrogens is 268 g/mol. The van der Waals surface area contributed by atoms with Gasteiger partial charge in [0.25, 0.3) is 0 Å². The van der Waals surface area contributed by atoms with Crippen molar-refractivity contribution in [1.82, 2.24) is 4.98 Å². The van der Waals surface area contributed by atoms with Crippen LogP contribution in [0, 0.1) is 11.3 Å². The molecule has 0 saturated heterocycles. The summed E-state index contributed by atoms with van der Waals surface area (Å²) < 4.78 is 4.98. The first kappa shape index (κ1) is 14.3. The van der Waals surface area contributed by atoms with Crippen molar-refractivity contribution in [3.8, 4) is 11.8 Å². The fourth-order valence-electron chi connectivity index (χ4n) is 1.65. The van der Waals surface area contributed by atoms with Crippen molar-refractivity contribution in [3.63, 3.8) is 0 Å². The lowest BCUT2D eigenvalue weighted by Gasteiger charge is -2.06. The fraction of sp³-hybridized carbons (Fsp3) is 0.0625. The number of carbonyl (C=O) groups excluding carboxylic acids is 1. The molecular formula is C16H11N2O3-. The van der Waals surface area contributed by atoms with Crippen LogP contribution in [-0.2, 0) is 4.79 Å². The Hall–Kier alpha value is -3.13. The van der Waals surface area contributed by atoms with Crippen LogP contribution in [0.5, 0.6) is 5.75 Å². The molecule has 0 N–H and O–H groups in total. The highest BCUT2D eigenvalue weighted by atomic mass is 16.5. The molecule has 0 aliphatic rings. The second kappa shape index (κ2) is 6.87. The number of hydrogen-bond acceptors (Lipinski definition) is 5. The summed E-state index contributed by atoms with van der Waals surface area (Å²) in [6.45, 7) is -0.493. The molecule has 0 radical (unpaired) electrons. The summed E-state index contributed by atoms with van der Waals surface area (Å²) in [6.07, 6.45) is 3.32. The predicted molar refractivity (Wildman–Crippen MR) is 74.7 cm³/mol. The van der Waals surface area contributed by atoms with E-state index in [1.54, 1.807) is 48.7 Å². The van der Waals surface area contributed by atoms with E-state index in [1.165, 1.54) is 0 Å². The average molecular weight is 279 g/mol. The highest BCUT2D eigenvalue weighted by Crippen LogP contribution is 2.18. The van der Waals surface area contributed by atoms with Gasteiger partial charge < -0.3 is 14.6 Å². The van der Waals surface area contributed by atoms with Crippen molar-refractivity contribution < 1.29 is 14.6 Å². The van der Waals surface area contributed by atoms with Crippen LogP contribution >= 0.6 is 0 Å². The Morgan fingerprint density at radius 1 is 1.29 bits per heavy atom. The molecule has 5 heteroatoms. The zero-order valence-corrected chi connectivity index (χ0v) is 11.0. The molecule has 5 nitrogen and oxygen atoms in total. The van der Waals surface area contributed by atoms with E-state index in [0.29, 0.717) is 17.0 Å². The number of aliphatic carboxylic acids is 1. The number of benzene rings is 1. The lowest BCUT2D eigenvalue weighted by Crippen LogP contribution is -2.28. The summed E-state index contributed by atoms with van der Waals surface area (Å²) in [5, 5.41) is 19.5. The van der Waals surface area contributed by atoms with E-state index in [-0.39, 0.29) is 0 Å². The molecule has 1 heterocycles. The maximum atomic E-state index is 10.3. The first-order valence-corrected chi connectivity index (χ1v) is 6.15. The van der Waals surface area contributed by atoms with E-state index in [2.05, 4.69) is 11.1 Å². The van der Waals surface area contributed by atoms with E-state index in [0.717, 1.165) is 5.56 Å². The molecule has 0 atom stereocenters. The molecule has 0 bridgehead atoms. The number of aromatic nitrogens is 1. The number of nitriles is 1. The molecule has 21 heavy (non-hydrogen) atoms. The number of allylic oxidation sites excluding steroid dienone is 1. The molecule has 0 saturated carbocycles. The van der Waals surface area contributed by atoms with Crippen LogP contribution in [-0.4, -0.2) is 17.6 Å². The standard InChI is InChI=1S/C16H12N2O3/c17-10-13(15-3-1-2-8-18-15)9-12-4-6-14(7-5-12)21-11-16(19)20/h1-9H,11H2,(H,19,20)/p-1/b13-9+. The van der Waals surface area contributed by atoms with Crippen molar-refractivity contribution in [2.24, 2.45) is 0 Å². The Morgan fingerprint density at radius 2 is 2.05 bits per heavy atom. The van der Waals surface area contributed by atoms with Gasteiger partial charge in [-0.25, -0.2) is 0 Å². The van der Waals surface area contributed by atoms with Gasteiger partial charge in [-0.2, -0.15) is 5.26 Å². The van der Waals surface area contributed by atoms with E-state index < -0.39 is 12.6 Å². The van der Waals surface area contributed by atoms with Crippen LogP contribution in [0.2, 0.25) is 0 Å². The molecule has 0 amide bonds. The normalized spacial score (nSPS) is 10.7. The van der Waals surface area contributed by atoms with Gasteiger partial charge in [0, 0.05) is 6.20 Å². The summed E-state index contributed by atoms with van der Waals surface area (Å²) >= 11 is 0. The van der Waals surface area contributed by atoms with Gasteiger partial charge in [-0.15, -0.1) is 0 Å². The third kappa shape index (κ3) is 4.18. The predicted octanol–water partition coefficient (Wildman–Crippen LogP) is 1.27. The number of carboxylic acid groups (broad SMARTS) is 1. The van der Waals surface area contributed by atoms with E-state index >= 15 is 0 Å². The van der Waals surface area contributed by atoms with Crippen LogP contribution in [0.3, 0.4) is 0 Å². The molecule has 2 rings (SSSR count). The van der Waals surface area contributed by atoms with Crippen molar-refractivity contribution in [1.29, 1.82) is 5.26 Å². The Labute approximate surface area is 121 Å². The maximum absolute atomic E-state index is 10.3. The van der Waals surface area contributed by atoms with Crippen molar-refractivity contribution in [2.75, 3.05) is 6.61 Å². The van der Waals surface area contributed by atoms with Crippen LogP contribution in [0.4, 0.5) is 0 Å². The Morgan fingerprint density at radius 3 is 2.62 bits per heavy atom. The topological polar surface area (TPSA) is 86.0 Å². The number of ether oxygens (including phenoxy) is 1. The molecule has 0 aliphatic heterocycles. The summed E-state index contributed by atoms with van der Waals surface area (Å²) in [5.74, 6) is -0.853. The van der Waals surface area contributed by atoms with Gasteiger partial charge in [0.2, 0.25) is 0 Å². The zero-order valence-electron chi connectivity index (χ0n) is 11.0. The van der Waals surface area contributed by atoms with Gasteiger partial charge in [-0.3, -0.25) is 4.98 Å². The molecule has 1 aromatic carbocycles. The van der Waals surface area contributed by atoms with E-state index in [9.17, 15) is 15.2 Å². The molecule has 0 fully saturated rings. The summed E-state index contributed by atoms with van der Waals surface area (Å²) in [5.41, 5.74) is 1.83. The summed E-state index contributed by atoms with van der Waals surface area (Å²) in [6, 6.07) is 14.2. The van der Waals surface area contributed by atoms with Crippen LogP contribution in [0.1, 0.15) is 11.3 Å². The van der Waals surface area contributed by atoms with Gasteiger partial charge >= 0.3 is 0 Å². The van der Waals surface area contributed by atoms with Crippen LogP contribution in [0.15, 0.2) is 48.7 Å². The smallest absolute Gasteiger partial charge is 0.128 e. The average Bonchev–Trinajstić information content (AvgIpc) is 2.52. The van der Waals surface area contributed by atoms with Crippen molar-refractivity contribution >= 4 is 17.6 Å². The monoisotopic (exact) mass is 279 g/mol. The van der Waals surface area contributed by atoms with E-state index in [4.69, 9.17) is 4.74 Å². The maximum Gasteiger partial charge on any atom is 0.128 e. The second-order valence-corrected chi connectivity index (χ2v) is 4.11. The summed E-state index contributed by atoms with van der Waals surface area (Å²) in [4.78, 5) is 14.4. The Kier molecular flexibility index (Phi) is 4.67. The second-order valence-electron chi connectivity index (χ2n) is 4.11. The number of hydrogen-bond donors (Lipinski definition) is 0.